The maximum Gasteiger partial charge on any atom is 0.262 e. The summed E-state index contributed by atoms with van der Waals surface area (Å²) in [5, 5.41) is 5.63. The first-order valence-electron chi connectivity index (χ1n) is 14.3. The van der Waals surface area contributed by atoms with E-state index < -0.39 is 23.8 Å². The molecule has 2 atom stereocenters. The Labute approximate surface area is 228 Å². The maximum absolute atomic E-state index is 13.2. The number of rotatable bonds is 6. The zero-order valence-electron chi connectivity index (χ0n) is 22.2. The predicted octanol–water partition coefficient (Wildman–Crippen LogP) is 0.526. The Morgan fingerprint density at radius 2 is 1.62 bits per heavy atom. The van der Waals surface area contributed by atoms with Crippen LogP contribution < -0.4 is 15.5 Å². The second kappa shape index (κ2) is 11.3. The van der Waals surface area contributed by atoms with E-state index in [2.05, 4.69) is 20.4 Å². The largest absolute Gasteiger partial charge is 0.375 e. The summed E-state index contributed by atoms with van der Waals surface area (Å²) in [6, 6.07) is 4.38. The first kappa shape index (κ1) is 26.4. The van der Waals surface area contributed by atoms with Crippen LogP contribution in [0.25, 0.3) is 0 Å². The fraction of sp³-hybridized carbons (Fsp3) is 0.643. The molecule has 2 N–H and O–H groups in total. The monoisotopic (exact) mass is 539 g/mol. The number of likely N-dealkylation sites (tertiary alicyclic amines) is 1. The third-order valence-electron chi connectivity index (χ3n) is 8.62. The van der Waals surface area contributed by atoms with Crippen LogP contribution in [0.3, 0.4) is 0 Å². The third kappa shape index (κ3) is 5.58. The number of imide groups is 2. The normalized spacial score (nSPS) is 27.7. The van der Waals surface area contributed by atoms with E-state index in [0.717, 1.165) is 88.7 Å². The summed E-state index contributed by atoms with van der Waals surface area (Å²) in [4.78, 5) is 55.7. The molecule has 1 aromatic rings. The van der Waals surface area contributed by atoms with Gasteiger partial charge < -0.3 is 24.6 Å². The number of hydrogen-bond donors (Lipinski definition) is 2. The first-order chi connectivity index (χ1) is 19.0. The van der Waals surface area contributed by atoms with E-state index in [1.54, 1.807) is 12.1 Å². The molecule has 4 amide bonds. The summed E-state index contributed by atoms with van der Waals surface area (Å²) >= 11 is 0. The van der Waals surface area contributed by atoms with E-state index in [4.69, 9.17) is 9.47 Å². The highest BCUT2D eigenvalue weighted by Gasteiger charge is 2.44. The van der Waals surface area contributed by atoms with E-state index in [0.29, 0.717) is 17.2 Å². The van der Waals surface area contributed by atoms with Crippen LogP contribution in [0.2, 0.25) is 0 Å². The average molecular weight is 540 g/mol. The van der Waals surface area contributed by atoms with Gasteiger partial charge in [-0.25, -0.2) is 0 Å². The van der Waals surface area contributed by atoms with Gasteiger partial charge in [0.15, 0.2) is 0 Å². The van der Waals surface area contributed by atoms with E-state index in [1.807, 2.05) is 6.07 Å². The molecule has 0 spiro atoms. The number of carbonyl (C=O) groups is 4. The van der Waals surface area contributed by atoms with Crippen LogP contribution >= 0.6 is 0 Å². The SMILES string of the molecule is O=C1CCC(N2C(=O)c3ccc(N4CCC(OC5CCN(C[C@H]6CNCCO6)CC5)CC4)cc3C2=O)C(=O)N1. The van der Waals surface area contributed by atoms with Gasteiger partial charge in [-0.1, -0.05) is 0 Å². The van der Waals surface area contributed by atoms with E-state index in [1.165, 1.54) is 0 Å². The zero-order valence-corrected chi connectivity index (χ0v) is 22.2. The molecule has 0 saturated carbocycles. The molecule has 6 rings (SSSR count). The Morgan fingerprint density at radius 1 is 0.897 bits per heavy atom. The molecular weight excluding hydrogens is 502 g/mol. The van der Waals surface area contributed by atoms with Gasteiger partial charge in [0, 0.05) is 57.9 Å². The van der Waals surface area contributed by atoms with Gasteiger partial charge in [0.1, 0.15) is 6.04 Å². The number of carbonyl (C=O) groups excluding carboxylic acids is 4. The van der Waals surface area contributed by atoms with Gasteiger partial charge in [0.25, 0.3) is 11.8 Å². The number of amides is 4. The van der Waals surface area contributed by atoms with Crippen molar-refractivity contribution in [2.45, 2.75) is 62.9 Å². The standard InChI is InChI=1S/C28H37N5O6/c34-25-4-3-24(26(35)30-25)33-27(36)22-2-1-18(15-23(22)28(33)37)32-12-7-20(8-13-32)39-19-5-10-31(11-6-19)17-21-16-29-9-14-38-21/h1-2,15,19-21,24,29H,3-14,16-17H2,(H,30,34,35)/t21-,24?/m1/s1. The number of benzene rings is 1. The summed E-state index contributed by atoms with van der Waals surface area (Å²) in [7, 11) is 0. The molecule has 0 aromatic heterocycles. The Hall–Kier alpha value is -2.86. The molecule has 5 aliphatic heterocycles. The van der Waals surface area contributed by atoms with Crippen LogP contribution in [0.15, 0.2) is 18.2 Å². The number of piperidine rings is 3. The lowest BCUT2D eigenvalue weighted by molar-refractivity contribution is -0.136. The fourth-order valence-electron chi connectivity index (χ4n) is 6.43. The molecular formula is C28H37N5O6. The lowest BCUT2D eigenvalue weighted by Crippen LogP contribution is -2.54. The number of fused-ring (bicyclic) bond motifs is 1. The maximum atomic E-state index is 13.2. The van der Waals surface area contributed by atoms with Crippen molar-refractivity contribution in [1.29, 1.82) is 0 Å². The molecule has 0 bridgehead atoms. The van der Waals surface area contributed by atoms with Gasteiger partial charge in [0.05, 0.1) is 36.0 Å². The molecule has 4 saturated heterocycles. The molecule has 4 fully saturated rings. The molecule has 0 aliphatic carbocycles. The number of morpholine rings is 1. The second-order valence-electron chi connectivity index (χ2n) is 11.2. The smallest absolute Gasteiger partial charge is 0.262 e. The topological polar surface area (TPSA) is 121 Å². The first-order valence-corrected chi connectivity index (χ1v) is 14.3. The average Bonchev–Trinajstić information content (AvgIpc) is 3.20. The quantitative estimate of drug-likeness (QED) is 0.499. The van der Waals surface area contributed by atoms with Crippen molar-refractivity contribution in [1.82, 2.24) is 20.4 Å². The molecule has 11 nitrogen and oxygen atoms in total. The molecule has 5 aliphatic rings. The van der Waals surface area contributed by atoms with Crippen molar-refractivity contribution in [3.63, 3.8) is 0 Å². The van der Waals surface area contributed by atoms with Gasteiger partial charge in [0.2, 0.25) is 11.8 Å². The molecule has 1 unspecified atom stereocenters. The van der Waals surface area contributed by atoms with Crippen LogP contribution in [-0.2, 0) is 19.1 Å². The fourth-order valence-corrected chi connectivity index (χ4v) is 6.43. The van der Waals surface area contributed by atoms with Crippen LogP contribution in [0.5, 0.6) is 0 Å². The summed E-state index contributed by atoms with van der Waals surface area (Å²) in [5.74, 6) is -1.92. The molecule has 1 aromatic carbocycles. The molecule has 5 heterocycles. The van der Waals surface area contributed by atoms with Crippen LogP contribution in [0.4, 0.5) is 5.69 Å². The third-order valence-corrected chi connectivity index (χ3v) is 8.62. The van der Waals surface area contributed by atoms with Gasteiger partial charge in [-0.3, -0.25) is 29.4 Å². The minimum atomic E-state index is -0.948. The molecule has 39 heavy (non-hydrogen) atoms. The van der Waals surface area contributed by atoms with Crippen molar-refractivity contribution < 1.29 is 28.7 Å². The Bertz CT molecular complexity index is 1120. The lowest BCUT2D eigenvalue weighted by Gasteiger charge is -2.39. The van der Waals surface area contributed by atoms with Gasteiger partial charge >= 0.3 is 0 Å². The summed E-state index contributed by atoms with van der Waals surface area (Å²) in [6.07, 6.45) is 4.99. The van der Waals surface area contributed by atoms with E-state index >= 15 is 0 Å². The summed E-state index contributed by atoms with van der Waals surface area (Å²) in [6.45, 7) is 7.37. The Kier molecular flexibility index (Phi) is 7.66. The zero-order chi connectivity index (χ0) is 26.9. The van der Waals surface area contributed by atoms with Crippen LogP contribution in [0.1, 0.15) is 59.2 Å². The van der Waals surface area contributed by atoms with Crippen molar-refractivity contribution in [2.24, 2.45) is 0 Å². The number of nitrogens with zero attached hydrogens (tertiary/aromatic N) is 3. The molecule has 0 radical (unpaired) electrons. The van der Waals surface area contributed by atoms with Gasteiger partial charge in [-0.15, -0.1) is 0 Å². The highest BCUT2D eigenvalue weighted by atomic mass is 16.5. The van der Waals surface area contributed by atoms with Crippen molar-refractivity contribution in [3.8, 4) is 0 Å². The van der Waals surface area contributed by atoms with Gasteiger partial charge in [-0.05, 0) is 50.3 Å². The number of anilines is 1. The van der Waals surface area contributed by atoms with E-state index in [-0.39, 0.29) is 31.0 Å². The Balaban J connectivity index is 0.995. The number of hydrogen-bond acceptors (Lipinski definition) is 9. The Morgan fingerprint density at radius 3 is 2.31 bits per heavy atom. The predicted molar refractivity (Wildman–Crippen MR) is 142 cm³/mol. The number of ether oxygens (including phenoxy) is 2. The van der Waals surface area contributed by atoms with Gasteiger partial charge in [-0.2, -0.15) is 0 Å². The van der Waals surface area contributed by atoms with Crippen LogP contribution in [-0.4, -0.2) is 110 Å². The molecule has 11 heteroatoms. The van der Waals surface area contributed by atoms with Crippen molar-refractivity contribution in [3.05, 3.63) is 29.3 Å². The van der Waals surface area contributed by atoms with Crippen molar-refractivity contribution in [2.75, 3.05) is 57.3 Å². The lowest BCUT2D eigenvalue weighted by atomic mass is 10.0. The van der Waals surface area contributed by atoms with Crippen molar-refractivity contribution >= 4 is 29.3 Å². The number of nitrogens with one attached hydrogen (secondary N) is 2. The highest BCUT2D eigenvalue weighted by Crippen LogP contribution is 2.32. The summed E-state index contributed by atoms with van der Waals surface area (Å²) < 4.78 is 12.3. The molecule has 210 valence electrons. The second-order valence-corrected chi connectivity index (χ2v) is 11.2. The van der Waals surface area contributed by atoms with Crippen LogP contribution in [0, 0.1) is 0 Å². The minimum absolute atomic E-state index is 0.109. The minimum Gasteiger partial charge on any atom is -0.375 e. The highest BCUT2D eigenvalue weighted by molar-refractivity contribution is 6.23. The van der Waals surface area contributed by atoms with E-state index in [9.17, 15) is 19.2 Å². The summed E-state index contributed by atoms with van der Waals surface area (Å²) in [5.41, 5.74) is 1.53.